The number of alkyl halides is 3. The van der Waals surface area contributed by atoms with Gasteiger partial charge in [-0.2, -0.15) is 23.4 Å². The Bertz CT molecular complexity index is 1450. The number of rotatable bonds is 5. The van der Waals surface area contributed by atoms with Gasteiger partial charge in [0.25, 0.3) is 11.8 Å². The van der Waals surface area contributed by atoms with Gasteiger partial charge in [-0.1, -0.05) is 11.6 Å². The molecule has 0 saturated heterocycles. The van der Waals surface area contributed by atoms with Crippen molar-refractivity contribution in [2.24, 2.45) is 0 Å². The maximum absolute atomic E-state index is 13.3. The monoisotopic (exact) mass is 569 g/mol. The second-order valence-corrected chi connectivity index (χ2v) is 8.70. The summed E-state index contributed by atoms with van der Waals surface area (Å²) in [6, 6.07) is 5.68. The number of pyridine rings is 2. The Morgan fingerprint density at radius 1 is 1.17 bits per heavy atom. The molecule has 0 aliphatic rings. The van der Waals surface area contributed by atoms with Crippen LogP contribution in [0.25, 0.3) is 11.3 Å². The largest absolute Gasteiger partial charge is 0.408 e. The topological polar surface area (TPSA) is 106 Å². The SMILES string of the molecule is Cc1cc2ccnn2c(C(=O)NC(C)C(F)(F)F)c1NC(=O)c1cc(Br)nn1-c1ncccc1Cl. The van der Waals surface area contributed by atoms with Crippen LogP contribution in [-0.2, 0) is 0 Å². The van der Waals surface area contributed by atoms with Gasteiger partial charge in [0.2, 0.25) is 0 Å². The molecule has 0 aromatic carbocycles. The highest BCUT2D eigenvalue weighted by atomic mass is 79.9. The Morgan fingerprint density at radius 3 is 2.60 bits per heavy atom. The van der Waals surface area contributed by atoms with Crippen LogP contribution in [0.4, 0.5) is 18.9 Å². The highest BCUT2D eigenvalue weighted by Crippen LogP contribution is 2.27. The van der Waals surface area contributed by atoms with E-state index in [-0.39, 0.29) is 27.9 Å². The van der Waals surface area contributed by atoms with Gasteiger partial charge in [-0.25, -0.2) is 14.2 Å². The maximum Gasteiger partial charge on any atom is 0.408 e. The van der Waals surface area contributed by atoms with Gasteiger partial charge in [-0.3, -0.25) is 9.59 Å². The second kappa shape index (κ2) is 9.30. The zero-order valence-electron chi connectivity index (χ0n) is 18.1. The minimum atomic E-state index is -4.66. The molecule has 0 spiro atoms. The summed E-state index contributed by atoms with van der Waals surface area (Å²) in [4.78, 5) is 30.4. The fourth-order valence-electron chi connectivity index (χ4n) is 3.30. The third-order valence-corrected chi connectivity index (χ3v) is 5.71. The summed E-state index contributed by atoms with van der Waals surface area (Å²) in [5.74, 6) is -1.59. The highest BCUT2D eigenvalue weighted by molar-refractivity contribution is 9.10. The number of hydrogen-bond donors (Lipinski definition) is 2. The third-order valence-electron chi connectivity index (χ3n) is 5.02. The van der Waals surface area contributed by atoms with Gasteiger partial charge in [-0.05, 0) is 59.6 Å². The van der Waals surface area contributed by atoms with Crippen LogP contribution in [0.5, 0.6) is 0 Å². The van der Waals surface area contributed by atoms with Gasteiger partial charge in [0.05, 0.1) is 22.4 Å². The van der Waals surface area contributed by atoms with Crippen LogP contribution in [0.3, 0.4) is 0 Å². The number of nitrogens with one attached hydrogen (secondary N) is 2. The molecule has 1 atom stereocenters. The summed E-state index contributed by atoms with van der Waals surface area (Å²) < 4.78 is 41.9. The average molecular weight is 571 g/mol. The van der Waals surface area contributed by atoms with E-state index in [4.69, 9.17) is 11.6 Å². The summed E-state index contributed by atoms with van der Waals surface area (Å²) in [5, 5.41) is 13.0. The Kier molecular flexibility index (Phi) is 6.56. The fraction of sp³-hybridized carbons (Fsp3) is 0.190. The normalized spacial score (nSPS) is 12.5. The molecule has 182 valence electrons. The third kappa shape index (κ3) is 4.86. The van der Waals surface area contributed by atoms with E-state index in [2.05, 4.69) is 36.4 Å². The molecular weight excluding hydrogens is 555 g/mol. The van der Waals surface area contributed by atoms with Crippen LogP contribution >= 0.6 is 27.5 Å². The van der Waals surface area contributed by atoms with Crippen molar-refractivity contribution in [3.8, 4) is 5.82 Å². The Balaban J connectivity index is 1.78. The molecule has 0 aliphatic heterocycles. The molecule has 0 radical (unpaired) electrons. The predicted molar refractivity (Wildman–Crippen MR) is 125 cm³/mol. The Morgan fingerprint density at radius 2 is 1.91 bits per heavy atom. The van der Waals surface area contributed by atoms with Crippen molar-refractivity contribution in [1.82, 2.24) is 29.7 Å². The van der Waals surface area contributed by atoms with Crippen LogP contribution in [0, 0.1) is 6.92 Å². The van der Waals surface area contributed by atoms with Crippen LogP contribution in [0.2, 0.25) is 5.02 Å². The summed E-state index contributed by atoms with van der Waals surface area (Å²) in [5.41, 5.74) is 0.604. The van der Waals surface area contributed by atoms with E-state index >= 15 is 0 Å². The summed E-state index contributed by atoms with van der Waals surface area (Å²) >= 11 is 9.42. The van der Waals surface area contributed by atoms with E-state index in [9.17, 15) is 22.8 Å². The molecule has 14 heteroatoms. The first kappa shape index (κ1) is 24.7. The fourth-order valence-corrected chi connectivity index (χ4v) is 3.87. The van der Waals surface area contributed by atoms with E-state index in [1.54, 1.807) is 31.2 Å². The first-order valence-electron chi connectivity index (χ1n) is 10.00. The summed E-state index contributed by atoms with van der Waals surface area (Å²) in [6.45, 7) is 2.42. The van der Waals surface area contributed by atoms with Gasteiger partial charge >= 0.3 is 6.18 Å². The lowest BCUT2D eigenvalue weighted by Gasteiger charge is -2.20. The van der Waals surface area contributed by atoms with Crippen LogP contribution < -0.4 is 10.6 Å². The molecule has 1 unspecified atom stereocenters. The van der Waals surface area contributed by atoms with Crippen LogP contribution in [-0.4, -0.2) is 48.4 Å². The molecule has 0 aliphatic carbocycles. The molecule has 2 N–H and O–H groups in total. The van der Waals surface area contributed by atoms with Crippen molar-refractivity contribution < 1.29 is 22.8 Å². The Labute approximate surface area is 209 Å². The number of aromatic nitrogens is 5. The minimum Gasteiger partial charge on any atom is -0.339 e. The standard InChI is InChI=1S/C21H16BrClF3N7O2/c1-10-8-12-5-7-28-32(12)17(20(35)29-11(2)21(24,25)26)16(10)30-19(34)14-9-15(22)31-33(14)18-13(23)4-3-6-27-18/h3-9,11H,1-2H3,(H,29,35)(H,30,34). The number of amides is 2. The summed E-state index contributed by atoms with van der Waals surface area (Å²) in [7, 11) is 0. The predicted octanol–water partition coefficient (Wildman–Crippen LogP) is 4.57. The van der Waals surface area contributed by atoms with E-state index in [1.165, 1.54) is 23.1 Å². The lowest BCUT2D eigenvalue weighted by atomic mass is 10.1. The van der Waals surface area contributed by atoms with Gasteiger partial charge in [0.1, 0.15) is 16.3 Å². The molecule has 0 fully saturated rings. The highest BCUT2D eigenvalue weighted by Gasteiger charge is 2.38. The molecule has 0 saturated carbocycles. The van der Waals surface area contributed by atoms with Crippen molar-refractivity contribution in [1.29, 1.82) is 0 Å². The van der Waals surface area contributed by atoms with Crippen LogP contribution in [0.15, 0.2) is 47.3 Å². The molecule has 0 bridgehead atoms. The second-order valence-electron chi connectivity index (χ2n) is 7.48. The van der Waals surface area contributed by atoms with E-state index in [0.717, 1.165) is 11.4 Å². The molecule has 4 aromatic heterocycles. The van der Waals surface area contributed by atoms with Crippen molar-refractivity contribution in [3.63, 3.8) is 0 Å². The van der Waals surface area contributed by atoms with Crippen molar-refractivity contribution in [3.05, 3.63) is 69.3 Å². The number of hydrogen-bond acceptors (Lipinski definition) is 5. The molecule has 2 amide bonds. The van der Waals surface area contributed by atoms with Crippen molar-refractivity contribution >= 4 is 50.5 Å². The maximum atomic E-state index is 13.3. The van der Waals surface area contributed by atoms with E-state index < -0.39 is 24.0 Å². The van der Waals surface area contributed by atoms with Crippen molar-refractivity contribution in [2.75, 3.05) is 5.32 Å². The molecule has 4 rings (SSSR count). The molecule has 9 nitrogen and oxygen atoms in total. The lowest BCUT2D eigenvalue weighted by molar-refractivity contribution is -0.149. The van der Waals surface area contributed by atoms with Gasteiger partial charge in [0, 0.05) is 12.3 Å². The molecular formula is C21H16BrClF3N7O2. The number of carbonyl (C=O) groups is 2. The number of nitrogens with zero attached hydrogens (tertiary/aromatic N) is 5. The zero-order chi connectivity index (χ0) is 25.5. The quantitative estimate of drug-likeness (QED) is 0.366. The van der Waals surface area contributed by atoms with Crippen LogP contribution in [0.1, 0.15) is 33.5 Å². The van der Waals surface area contributed by atoms with Gasteiger partial charge < -0.3 is 10.6 Å². The first-order chi connectivity index (χ1) is 16.5. The number of carbonyl (C=O) groups excluding carboxylic acids is 2. The number of fused-ring (bicyclic) bond motifs is 1. The Hall–Kier alpha value is -3.45. The van der Waals surface area contributed by atoms with E-state index in [1.807, 2.05) is 5.32 Å². The van der Waals surface area contributed by atoms with Gasteiger partial charge in [0.15, 0.2) is 11.5 Å². The van der Waals surface area contributed by atoms with Crippen molar-refractivity contribution in [2.45, 2.75) is 26.1 Å². The minimum absolute atomic E-state index is 0.00690. The smallest absolute Gasteiger partial charge is 0.339 e. The molecule has 4 heterocycles. The van der Waals surface area contributed by atoms with Gasteiger partial charge in [-0.15, -0.1) is 0 Å². The van der Waals surface area contributed by atoms with E-state index in [0.29, 0.717) is 15.7 Å². The zero-order valence-corrected chi connectivity index (χ0v) is 20.4. The first-order valence-corrected chi connectivity index (χ1v) is 11.2. The summed E-state index contributed by atoms with van der Waals surface area (Å²) in [6.07, 6.45) is -1.80. The molecule has 4 aromatic rings. The average Bonchev–Trinajstić information content (AvgIpc) is 3.39. The number of aryl methyl sites for hydroxylation is 1. The number of halogens is 5. The lowest BCUT2D eigenvalue weighted by Crippen LogP contribution is -2.44. The number of anilines is 1. The molecule has 35 heavy (non-hydrogen) atoms.